The smallest absolute Gasteiger partial charge is 0.270 e. The number of hydrogen-bond donors (Lipinski definition) is 0. The van der Waals surface area contributed by atoms with Gasteiger partial charge in [-0.2, -0.15) is 16.8 Å². The maximum Gasteiger partial charge on any atom is 0.270 e. The lowest BCUT2D eigenvalue weighted by molar-refractivity contribution is -0.384. The van der Waals surface area contributed by atoms with E-state index in [0.29, 0.717) is 21.6 Å². The quantitative estimate of drug-likeness (QED) is 0.343. The average Bonchev–Trinajstić information content (AvgIpc) is 3.07. The maximum absolute atomic E-state index is 12.4. The Morgan fingerprint density at radius 1 is 1.23 bits per heavy atom. The standard InChI is InChI=1S/C20H21N3O5S3/c1-29-11-10-22-17-8-7-16(23(25)26)13-18(17)30-20(22)21-19(24)9-12-31(27,28)14-15-5-3-2-4-6-15/h2-8,13H,9-12,14H2,1H3. The van der Waals surface area contributed by atoms with E-state index in [-0.39, 0.29) is 23.6 Å². The molecule has 0 atom stereocenters. The molecule has 0 spiro atoms. The second-order valence-electron chi connectivity index (χ2n) is 6.77. The van der Waals surface area contributed by atoms with Crippen LogP contribution in [0, 0.1) is 10.1 Å². The molecule has 1 amide bonds. The Kier molecular flexibility index (Phi) is 7.63. The van der Waals surface area contributed by atoms with Crippen LogP contribution in [0.3, 0.4) is 0 Å². The van der Waals surface area contributed by atoms with Crippen LogP contribution in [0.2, 0.25) is 0 Å². The van der Waals surface area contributed by atoms with Crippen molar-refractivity contribution in [3.63, 3.8) is 0 Å². The molecule has 3 aromatic rings. The number of aryl methyl sites for hydroxylation is 1. The fraction of sp³-hybridized carbons (Fsp3) is 0.300. The van der Waals surface area contributed by atoms with Gasteiger partial charge in [0.1, 0.15) is 0 Å². The van der Waals surface area contributed by atoms with E-state index in [4.69, 9.17) is 0 Å². The number of non-ortho nitro benzene ring substituents is 1. The van der Waals surface area contributed by atoms with Crippen molar-refractivity contribution < 1.29 is 18.1 Å². The molecule has 3 rings (SSSR count). The monoisotopic (exact) mass is 479 g/mol. The summed E-state index contributed by atoms with van der Waals surface area (Å²) < 4.78 is 27.2. The van der Waals surface area contributed by atoms with E-state index in [0.717, 1.165) is 11.3 Å². The van der Waals surface area contributed by atoms with Crippen molar-refractivity contribution in [3.8, 4) is 0 Å². The number of benzene rings is 2. The van der Waals surface area contributed by atoms with Crippen LogP contribution in [0.15, 0.2) is 53.5 Å². The van der Waals surface area contributed by atoms with Crippen LogP contribution in [0.4, 0.5) is 5.69 Å². The first-order valence-corrected chi connectivity index (χ1v) is 13.4. The van der Waals surface area contributed by atoms with Crippen LogP contribution in [-0.2, 0) is 26.9 Å². The van der Waals surface area contributed by atoms with Gasteiger partial charge < -0.3 is 4.57 Å². The van der Waals surface area contributed by atoms with Crippen molar-refractivity contribution in [1.82, 2.24) is 4.57 Å². The molecule has 0 radical (unpaired) electrons. The van der Waals surface area contributed by atoms with Gasteiger partial charge in [-0.05, 0) is 17.9 Å². The summed E-state index contributed by atoms with van der Waals surface area (Å²) in [5.74, 6) is -0.168. The fourth-order valence-electron chi connectivity index (χ4n) is 2.97. The molecular formula is C20H21N3O5S3. The van der Waals surface area contributed by atoms with Gasteiger partial charge in [0, 0.05) is 30.9 Å². The van der Waals surface area contributed by atoms with Crippen LogP contribution in [0.25, 0.3) is 10.2 Å². The highest BCUT2D eigenvalue weighted by molar-refractivity contribution is 7.98. The highest BCUT2D eigenvalue weighted by Crippen LogP contribution is 2.23. The molecule has 1 heterocycles. The summed E-state index contributed by atoms with van der Waals surface area (Å²) >= 11 is 2.81. The van der Waals surface area contributed by atoms with Gasteiger partial charge in [-0.1, -0.05) is 41.7 Å². The summed E-state index contributed by atoms with van der Waals surface area (Å²) in [6.07, 6.45) is 1.74. The molecule has 164 valence electrons. The van der Waals surface area contributed by atoms with E-state index in [2.05, 4.69) is 4.99 Å². The number of carbonyl (C=O) groups is 1. The van der Waals surface area contributed by atoms with Crippen LogP contribution < -0.4 is 4.80 Å². The normalized spacial score (nSPS) is 12.4. The van der Waals surface area contributed by atoms with E-state index in [1.165, 1.54) is 23.5 Å². The summed E-state index contributed by atoms with van der Waals surface area (Å²) in [6, 6.07) is 13.3. The second kappa shape index (κ2) is 10.2. The van der Waals surface area contributed by atoms with Gasteiger partial charge in [-0.25, -0.2) is 8.42 Å². The van der Waals surface area contributed by atoms with Crippen molar-refractivity contribution in [2.45, 2.75) is 18.7 Å². The first kappa shape index (κ1) is 23.2. The topological polar surface area (TPSA) is 112 Å². The van der Waals surface area contributed by atoms with E-state index in [1.54, 1.807) is 42.1 Å². The molecule has 0 saturated carbocycles. The summed E-state index contributed by atoms with van der Waals surface area (Å²) in [5.41, 5.74) is 1.40. The number of sulfone groups is 1. The molecule has 0 aliphatic carbocycles. The van der Waals surface area contributed by atoms with Crippen molar-refractivity contribution in [1.29, 1.82) is 0 Å². The zero-order valence-electron chi connectivity index (χ0n) is 16.8. The molecule has 0 N–H and O–H groups in total. The van der Waals surface area contributed by atoms with Gasteiger partial charge in [0.05, 0.1) is 26.6 Å². The van der Waals surface area contributed by atoms with Gasteiger partial charge in [-0.15, -0.1) is 0 Å². The predicted octanol–water partition coefficient (Wildman–Crippen LogP) is 3.41. The van der Waals surface area contributed by atoms with Crippen LogP contribution in [-0.4, -0.2) is 41.6 Å². The van der Waals surface area contributed by atoms with Crippen molar-refractivity contribution >= 4 is 54.7 Å². The molecule has 0 fully saturated rings. The number of nitro benzene ring substituents is 1. The molecule has 2 aromatic carbocycles. The molecule has 0 aliphatic heterocycles. The molecule has 31 heavy (non-hydrogen) atoms. The van der Waals surface area contributed by atoms with Crippen molar-refractivity contribution in [3.05, 3.63) is 69.0 Å². The molecule has 0 unspecified atom stereocenters. The number of carbonyl (C=O) groups excluding carboxylic acids is 1. The largest absolute Gasteiger partial charge is 0.316 e. The number of nitrogens with zero attached hydrogens (tertiary/aromatic N) is 3. The van der Waals surface area contributed by atoms with Gasteiger partial charge in [0.15, 0.2) is 14.6 Å². The zero-order chi connectivity index (χ0) is 22.4. The number of hydrogen-bond acceptors (Lipinski definition) is 7. The number of thioether (sulfide) groups is 1. The maximum atomic E-state index is 12.4. The minimum Gasteiger partial charge on any atom is -0.316 e. The number of nitro groups is 1. The van der Waals surface area contributed by atoms with E-state index >= 15 is 0 Å². The minimum absolute atomic E-state index is 0.0318. The summed E-state index contributed by atoms with van der Waals surface area (Å²) in [7, 11) is -3.45. The Morgan fingerprint density at radius 2 is 1.97 bits per heavy atom. The molecule has 0 saturated heterocycles. The molecule has 0 bridgehead atoms. The average molecular weight is 480 g/mol. The molecular weight excluding hydrogens is 458 g/mol. The van der Waals surface area contributed by atoms with Gasteiger partial charge in [0.25, 0.3) is 5.69 Å². The van der Waals surface area contributed by atoms with Crippen LogP contribution >= 0.6 is 23.1 Å². The predicted molar refractivity (Wildman–Crippen MR) is 124 cm³/mol. The third-order valence-electron chi connectivity index (χ3n) is 4.47. The number of thiazole rings is 1. The molecule has 8 nitrogen and oxygen atoms in total. The summed E-state index contributed by atoms with van der Waals surface area (Å²) in [6.45, 7) is 0.581. The van der Waals surface area contributed by atoms with Crippen LogP contribution in [0.5, 0.6) is 0 Å². The summed E-state index contributed by atoms with van der Waals surface area (Å²) in [4.78, 5) is 27.6. The van der Waals surface area contributed by atoms with E-state index in [9.17, 15) is 23.3 Å². The Morgan fingerprint density at radius 3 is 2.65 bits per heavy atom. The van der Waals surface area contributed by atoms with Gasteiger partial charge in [0.2, 0.25) is 5.91 Å². The molecule has 0 aliphatic rings. The number of aromatic nitrogens is 1. The Balaban J connectivity index is 1.82. The third kappa shape index (κ3) is 6.25. The number of fused-ring (bicyclic) bond motifs is 1. The third-order valence-corrected chi connectivity index (χ3v) is 7.70. The van der Waals surface area contributed by atoms with E-state index in [1.807, 2.05) is 16.9 Å². The Labute approximate surface area is 187 Å². The lowest BCUT2D eigenvalue weighted by Gasteiger charge is -2.04. The molecule has 11 heteroatoms. The first-order valence-electron chi connectivity index (χ1n) is 9.38. The minimum atomic E-state index is -3.45. The van der Waals surface area contributed by atoms with Gasteiger partial charge >= 0.3 is 0 Å². The second-order valence-corrected chi connectivity index (χ2v) is 11.0. The lowest BCUT2D eigenvalue weighted by atomic mass is 10.2. The Hall–Kier alpha value is -2.50. The highest BCUT2D eigenvalue weighted by atomic mass is 32.2. The summed E-state index contributed by atoms with van der Waals surface area (Å²) in [5, 5.41) is 11.1. The van der Waals surface area contributed by atoms with Gasteiger partial charge in [-0.3, -0.25) is 14.9 Å². The zero-order valence-corrected chi connectivity index (χ0v) is 19.2. The molecule has 1 aromatic heterocycles. The van der Waals surface area contributed by atoms with Crippen molar-refractivity contribution in [2.24, 2.45) is 4.99 Å². The first-order chi connectivity index (χ1) is 14.8. The van der Waals surface area contributed by atoms with E-state index < -0.39 is 20.7 Å². The number of rotatable bonds is 9. The SMILES string of the molecule is CSCCn1c(=NC(=O)CCS(=O)(=O)Cc2ccccc2)sc2cc([N+](=O)[O-])ccc21. The van der Waals surface area contributed by atoms with Crippen molar-refractivity contribution in [2.75, 3.05) is 17.8 Å². The lowest BCUT2D eigenvalue weighted by Crippen LogP contribution is -2.19. The van der Waals surface area contributed by atoms with Crippen LogP contribution in [0.1, 0.15) is 12.0 Å². The number of amides is 1. The highest BCUT2D eigenvalue weighted by Gasteiger charge is 2.16. The Bertz CT molecular complexity index is 1260. The fourth-order valence-corrected chi connectivity index (χ4v) is 5.77.